The van der Waals surface area contributed by atoms with Crippen LogP contribution in [-0.2, 0) is 4.79 Å². The highest BCUT2D eigenvalue weighted by atomic mass is 79.9. The van der Waals surface area contributed by atoms with Crippen molar-refractivity contribution in [1.82, 2.24) is 0 Å². The molecule has 5 heteroatoms. The molecule has 106 valence electrons. The lowest BCUT2D eigenvalue weighted by molar-refractivity contribution is -0.139. The molecule has 0 amide bonds. The highest BCUT2D eigenvalue weighted by molar-refractivity contribution is 9.10. The maximum absolute atomic E-state index is 10.8. The first-order valence-electron chi connectivity index (χ1n) is 6.06. The monoisotopic (exact) mass is 329 g/mol. The Kier molecular flexibility index (Phi) is 5.38. The molecular formula is C14H20BrNO3. The molecule has 0 aliphatic heterocycles. The van der Waals surface area contributed by atoms with Gasteiger partial charge < -0.3 is 15.6 Å². The topological polar surface area (TPSA) is 72.5 Å². The number of carboxylic acids is 1. The van der Waals surface area contributed by atoms with E-state index >= 15 is 0 Å². The first-order chi connectivity index (χ1) is 8.75. The number of halogens is 1. The smallest absolute Gasteiger partial charge is 0.303 e. The summed E-state index contributed by atoms with van der Waals surface area (Å²) in [6, 6.07) is 5.41. The minimum absolute atomic E-state index is 0.106. The molecule has 0 heterocycles. The van der Waals surface area contributed by atoms with Gasteiger partial charge in [0, 0.05) is 10.5 Å². The van der Waals surface area contributed by atoms with E-state index in [1.807, 2.05) is 32.0 Å². The van der Waals surface area contributed by atoms with Crippen LogP contribution in [0.3, 0.4) is 0 Å². The molecule has 0 radical (unpaired) electrons. The van der Waals surface area contributed by atoms with Gasteiger partial charge in [0.2, 0.25) is 0 Å². The minimum atomic E-state index is -0.800. The third-order valence-electron chi connectivity index (χ3n) is 3.01. The zero-order chi connectivity index (χ0) is 14.6. The molecule has 1 rings (SSSR count). The van der Waals surface area contributed by atoms with Crippen LogP contribution in [0.15, 0.2) is 22.7 Å². The molecule has 0 saturated heterocycles. The van der Waals surface area contributed by atoms with Gasteiger partial charge >= 0.3 is 5.97 Å². The molecule has 0 saturated carbocycles. The molecule has 0 spiro atoms. The number of rotatable bonds is 6. The van der Waals surface area contributed by atoms with Crippen molar-refractivity contribution in [2.75, 3.05) is 7.11 Å². The fraction of sp³-hybridized carbons (Fsp3) is 0.500. The van der Waals surface area contributed by atoms with Crippen molar-refractivity contribution in [3.05, 3.63) is 28.2 Å². The molecule has 4 nitrogen and oxygen atoms in total. The van der Waals surface area contributed by atoms with Crippen molar-refractivity contribution in [2.24, 2.45) is 11.1 Å². The van der Waals surface area contributed by atoms with Crippen LogP contribution >= 0.6 is 15.9 Å². The third-order valence-corrected chi connectivity index (χ3v) is 3.70. The Morgan fingerprint density at radius 2 is 2.16 bits per heavy atom. The number of hydrogen-bond acceptors (Lipinski definition) is 3. The normalized spacial score (nSPS) is 13.1. The molecule has 0 aliphatic rings. The van der Waals surface area contributed by atoms with Gasteiger partial charge in [-0.2, -0.15) is 0 Å². The molecule has 1 aromatic rings. The average molecular weight is 330 g/mol. The van der Waals surface area contributed by atoms with Gasteiger partial charge in [-0.25, -0.2) is 0 Å². The molecule has 1 atom stereocenters. The average Bonchev–Trinajstić information content (AvgIpc) is 2.25. The van der Waals surface area contributed by atoms with Gasteiger partial charge in [-0.15, -0.1) is 0 Å². The first kappa shape index (κ1) is 16.0. The fourth-order valence-corrected chi connectivity index (χ4v) is 2.77. The number of nitrogens with two attached hydrogens (primary N) is 1. The zero-order valence-corrected chi connectivity index (χ0v) is 13.0. The van der Waals surface area contributed by atoms with Crippen molar-refractivity contribution in [2.45, 2.75) is 32.7 Å². The van der Waals surface area contributed by atoms with Crippen LogP contribution in [0.1, 0.15) is 38.3 Å². The summed E-state index contributed by atoms with van der Waals surface area (Å²) in [5, 5.41) is 8.89. The number of hydrogen-bond donors (Lipinski definition) is 2. The molecule has 1 aromatic carbocycles. The van der Waals surface area contributed by atoms with E-state index in [-0.39, 0.29) is 17.9 Å². The zero-order valence-electron chi connectivity index (χ0n) is 11.4. The van der Waals surface area contributed by atoms with Crippen molar-refractivity contribution in [1.29, 1.82) is 0 Å². The summed E-state index contributed by atoms with van der Waals surface area (Å²) in [4.78, 5) is 10.8. The van der Waals surface area contributed by atoms with Crippen molar-refractivity contribution in [3.8, 4) is 5.75 Å². The van der Waals surface area contributed by atoms with Gasteiger partial charge in [-0.05, 0) is 29.5 Å². The number of benzene rings is 1. The Hall–Kier alpha value is -1.07. The van der Waals surface area contributed by atoms with Crippen LogP contribution in [0.5, 0.6) is 5.75 Å². The van der Waals surface area contributed by atoms with E-state index in [2.05, 4.69) is 15.9 Å². The summed E-state index contributed by atoms with van der Waals surface area (Å²) in [5.41, 5.74) is 6.80. The number of carboxylic acid groups (broad SMARTS) is 1. The van der Waals surface area contributed by atoms with E-state index in [0.717, 1.165) is 15.8 Å². The Bertz CT molecular complexity index is 460. The summed E-state index contributed by atoms with van der Waals surface area (Å²) in [7, 11) is 1.61. The molecule has 0 bridgehead atoms. The summed E-state index contributed by atoms with van der Waals surface area (Å²) >= 11 is 3.47. The Morgan fingerprint density at radius 3 is 2.63 bits per heavy atom. The molecule has 0 fully saturated rings. The number of ether oxygens (including phenoxy) is 1. The largest absolute Gasteiger partial charge is 0.497 e. The molecule has 1 unspecified atom stereocenters. The summed E-state index contributed by atoms with van der Waals surface area (Å²) in [6.07, 6.45) is 0.707. The SMILES string of the molecule is COc1ccc(C(N)CC(C)(C)CC(=O)O)c(Br)c1. The highest BCUT2D eigenvalue weighted by Gasteiger charge is 2.26. The van der Waals surface area contributed by atoms with Gasteiger partial charge in [0.25, 0.3) is 0 Å². The van der Waals surface area contributed by atoms with Crippen LogP contribution in [-0.4, -0.2) is 18.2 Å². The summed E-state index contributed by atoms with van der Waals surface area (Å²) < 4.78 is 6.01. The summed E-state index contributed by atoms with van der Waals surface area (Å²) in [6.45, 7) is 3.83. The molecule has 0 aromatic heterocycles. The minimum Gasteiger partial charge on any atom is -0.497 e. The van der Waals surface area contributed by atoms with E-state index < -0.39 is 5.97 Å². The Balaban J connectivity index is 2.83. The second kappa shape index (κ2) is 6.39. The van der Waals surface area contributed by atoms with E-state index in [1.54, 1.807) is 7.11 Å². The van der Waals surface area contributed by atoms with Crippen LogP contribution in [0.4, 0.5) is 0 Å². The lowest BCUT2D eigenvalue weighted by atomic mass is 9.81. The van der Waals surface area contributed by atoms with Gasteiger partial charge in [0.05, 0.1) is 13.5 Å². The lowest BCUT2D eigenvalue weighted by Gasteiger charge is -2.27. The van der Waals surface area contributed by atoms with Gasteiger partial charge in [-0.1, -0.05) is 35.8 Å². The third kappa shape index (κ3) is 4.84. The number of methoxy groups -OCH3 is 1. The van der Waals surface area contributed by atoms with E-state index in [0.29, 0.717) is 6.42 Å². The molecular weight excluding hydrogens is 310 g/mol. The van der Waals surface area contributed by atoms with Crippen LogP contribution < -0.4 is 10.5 Å². The standard InChI is InChI=1S/C14H20BrNO3/c1-14(2,8-13(17)18)7-12(16)10-5-4-9(19-3)6-11(10)15/h4-6,12H,7-8,16H2,1-3H3,(H,17,18). The van der Waals surface area contributed by atoms with Gasteiger partial charge in [-0.3, -0.25) is 4.79 Å². The van der Waals surface area contributed by atoms with Crippen molar-refractivity contribution >= 4 is 21.9 Å². The Labute approximate surface area is 122 Å². The van der Waals surface area contributed by atoms with Crippen LogP contribution in [0.25, 0.3) is 0 Å². The lowest BCUT2D eigenvalue weighted by Crippen LogP contribution is -2.24. The van der Waals surface area contributed by atoms with Crippen molar-refractivity contribution in [3.63, 3.8) is 0 Å². The van der Waals surface area contributed by atoms with Gasteiger partial charge in [0.15, 0.2) is 0 Å². The van der Waals surface area contributed by atoms with Crippen molar-refractivity contribution < 1.29 is 14.6 Å². The second-order valence-corrected chi connectivity index (χ2v) is 6.29. The first-order valence-corrected chi connectivity index (χ1v) is 6.85. The van der Waals surface area contributed by atoms with E-state index in [9.17, 15) is 4.79 Å². The van der Waals surface area contributed by atoms with E-state index in [1.165, 1.54) is 0 Å². The fourth-order valence-electron chi connectivity index (χ4n) is 2.12. The van der Waals surface area contributed by atoms with E-state index in [4.69, 9.17) is 15.6 Å². The number of carbonyl (C=O) groups is 1. The van der Waals surface area contributed by atoms with Gasteiger partial charge in [0.1, 0.15) is 5.75 Å². The molecule has 3 N–H and O–H groups in total. The molecule has 19 heavy (non-hydrogen) atoms. The highest BCUT2D eigenvalue weighted by Crippen LogP contribution is 2.35. The summed E-state index contributed by atoms with van der Waals surface area (Å²) in [5.74, 6) is -0.0429. The maximum Gasteiger partial charge on any atom is 0.303 e. The Morgan fingerprint density at radius 1 is 1.53 bits per heavy atom. The van der Waals surface area contributed by atoms with Crippen LogP contribution in [0, 0.1) is 5.41 Å². The second-order valence-electron chi connectivity index (χ2n) is 5.43. The maximum atomic E-state index is 10.8. The number of aliphatic carboxylic acids is 1. The molecule has 0 aliphatic carbocycles. The van der Waals surface area contributed by atoms with Crippen LogP contribution in [0.2, 0.25) is 0 Å². The quantitative estimate of drug-likeness (QED) is 0.839. The predicted molar refractivity (Wildman–Crippen MR) is 78.3 cm³/mol. The predicted octanol–water partition coefficient (Wildman–Crippen LogP) is 3.35.